The molecule has 1 N–H and O–H groups in total. The van der Waals surface area contributed by atoms with Crippen LogP contribution >= 0.6 is 22.9 Å². The van der Waals surface area contributed by atoms with Crippen LogP contribution < -0.4 is 5.32 Å². The molecule has 3 aromatic rings. The number of halogens is 1. The lowest BCUT2D eigenvalue weighted by atomic mass is 10.0. The van der Waals surface area contributed by atoms with Gasteiger partial charge in [0.15, 0.2) is 0 Å². The van der Waals surface area contributed by atoms with Crippen LogP contribution in [0.5, 0.6) is 0 Å². The minimum absolute atomic E-state index is 0.0280. The summed E-state index contributed by atoms with van der Waals surface area (Å²) in [7, 11) is 0. The Kier molecular flexibility index (Phi) is 5.16. The summed E-state index contributed by atoms with van der Waals surface area (Å²) in [5, 5.41) is 5.62. The smallest absolute Gasteiger partial charge is 0.224 e. The first-order valence-corrected chi connectivity index (χ1v) is 8.56. The number of furan rings is 1. The van der Waals surface area contributed by atoms with Crippen LogP contribution in [0, 0.1) is 0 Å². The topological polar surface area (TPSA) is 42.2 Å². The zero-order valence-electron chi connectivity index (χ0n) is 12.4. The van der Waals surface area contributed by atoms with Crippen molar-refractivity contribution in [1.82, 2.24) is 5.32 Å². The summed E-state index contributed by atoms with van der Waals surface area (Å²) in [6.07, 6.45) is 1.93. The molecule has 0 radical (unpaired) electrons. The highest BCUT2D eigenvalue weighted by Gasteiger charge is 2.19. The first kappa shape index (κ1) is 15.8. The molecule has 5 heteroatoms. The van der Waals surface area contributed by atoms with Crippen LogP contribution in [0.3, 0.4) is 0 Å². The first-order valence-electron chi connectivity index (χ1n) is 7.31. The SMILES string of the molecule is O=C(Cc1ccccc1Cl)NCC(c1ccco1)c1cccs1. The molecule has 2 heterocycles. The van der Waals surface area contributed by atoms with E-state index in [4.69, 9.17) is 16.0 Å². The van der Waals surface area contributed by atoms with E-state index in [1.165, 1.54) is 0 Å². The second-order valence-corrected chi connectivity index (χ2v) is 6.54. The molecule has 0 aliphatic rings. The van der Waals surface area contributed by atoms with Gasteiger partial charge in [0.25, 0.3) is 0 Å². The molecule has 1 aromatic carbocycles. The fourth-order valence-electron chi connectivity index (χ4n) is 2.41. The third-order valence-corrected chi connectivity index (χ3v) is 4.94. The molecule has 0 aliphatic heterocycles. The average molecular weight is 346 g/mol. The summed E-state index contributed by atoms with van der Waals surface area (Å²) in [5.41, 5.74) is 0.831. The number of carbonyl (C=O) groups excluding carboxylic acids is 1. The second kappa shape index (κ2) is 7.49. The van der Waals surface area contributed by atoms with Crippen LogP contribution in [0.4, 0.5) is 0 Å². The van der Waals surface area contributed by atoms with Gasteiger partial charge in [-0.1, -0.05) is 35.9 Å². The third kappa shape index (κ3) is 4.03. The quantitative estimate of drug-likeness (QED) is 0.715. The minimum Gasteiger partial charge on any atom is -0.469 e. The number of hydrogen-bond donors (Lipinski definition) is 1. The number of hydrogen-bond acceptors (Lipinski definition) is 3. The van der Waals surface area contributed by atoms with Crippen molar-refractivity contribution in [3.63, 3.8) is 0 Å². The van der Waals surface area contributed by atoms with Crippen LogP contribution in [-0.4, -0.2) is 12.5 Å². The van der Waals surface area contributed by atoms with Crippen molar-refractivity contribution in [2.24, 2.45) is 0 Å². The van der Waals surface area contributed by atoms with E-state index in [2.05, 4.69) is 11.4 Å². The van der Waals surface area contributed by atoms with Crippen LogP contribution in [0.1, 0.15) is 22.1 Å². The van der Waals surface area contributed by atoms with Gasteiger partial charge in [-0.05, 0) is 35.2 Å². The highest BCUT2D eigenvalue weighted by molar-refractivity contribution is 7.10. The van der Waals surface area contributed by atoms with E-state index >= 15 is 0 Å². The predicted molar refractivity (Wildman–Crippen MR) is 93.0 cm³/mol. The first-order chi connectivity index (χ1) is 11.2. The van der Waals surface area contributed by atoms with Gasteiger partial charge in [0.05, 0.1) is 18.6 Å². The lowest BCUT2D eigenvalue weighted by Crippen LogP contribution is -2.29. The molecule has 0 saturated carbocycles. The van der Waals surface area contributed by atoms with Gasteiger partial charge in [0, 0.05) is 16.4 Å². The zero-order valence-corrected chi connectivity index (χ0v) is 13.9. The van der Waals surface area contributed by atoms with Crippen molar-refractivity contribution in [3.05, 3.63) is 81.4 Å². The largest absolute Gasteiger partial charge is 0.469 e. The molecule has 1 amide bonds. The summed E-state index contributed by atoms with van der Waals surface area (Å²) >= 11 is 7.76. The van der Waals surface area contributed by atoms with Crippen LogP contribution in [0.15, 0.2) is 64.6 Å². The normalized spacial score (nSPS) is 12.0. The number of benzene rings is 1. The average Bonchev–Trinajstić information content (AvgIpc) is 3.23. The fourth-order valence-corrected chi connectivity index (χ4v) is 3.45. The molecule has 1 atom stereocenters. The number of nitrogens with one attached hydrogen (secondary N) is 1. The Labute approximate surface area is 143 Å². The molecule has 118 valence electrons. The lowest BCUT2D eigenvalue weighted by molar-refractivity contribution is -0.120. The molecular weight excluding hydrogens is 330 g/mol. The summed E-state index contributed by atoms with van der Waals surface area (Å²) in [6, 6.07) is 15.2. The fraction of sp³-hybridized carbons (Fsp3) is 0.167. The van der Waals surface area contributed by atoms with Crippen molar-refractivity contribution in [2.75, 3.05) is 6.54 Å². The molecule has 3 nitrogen and oxygen atoms in total. The molecule has 1 unspecified atom stereocenters. The number of rotatable bonds is 6. The standard InChI is InChI=1S/C18H16ClNO2S/c19-15-6-2-1-5-13(15)11-18(21)20-12-14(16-7-3-9-22-16)17-8-4-10-23-17/h1-10,14H,11-12H2,(H,20,21). The maximum Gasteiger partial charge on any atom is 0.224 e. The highest BCUT2D eigenvalue weighted by atomic mass is 35.5. The van der Waals surface area contributed by atoms with E-state index in [-0.39, 0.29) is 18.2 Å². The van der Waals surface area contributed by atoms with Gasteiger partial charge < -0.3 is 9.73 Å². The Morgan fingerprint density at radius 3 is 2.74 bits per heavy atom. The lowest BCUT2D eigenvalue weighted by Gasteiger charge is -2.14. The summed E-state index contributed by atoms with van der Waals surface area (Å²) in [4.78, 5) is 13.4. The van der Waals surface area contributed by atoms with E-state index in [0.29, 0.717) is 11.6 Å². The monoisotopic (exact) mass is 345 g/mol. The molecule has 23 heavy (non-hydrogen) atoms. The van der Waals surface area contributed by atoms with E-state index in [1.807, 2.05) is 41.8 Å². The molecule has 0 fully saturated rings. The van der Waals surface area contributed by atoms with Crippen molar-refractivity contribution < 1.29 is 9.21 Å². The van der Waals surface area contributed by atoms with Gasteiger partial charge in [-0.15, -0.1) is 11.3 Å². The Hall–Kier alpha value is -2.04. The Balaban J connectivity index is 1.65. The van der Waals surface area contributed by atoms with Gasteiger partial charge in [0.1, 0.15) is 5.76 Å². The number of amides is 1. The van der Waals surface area contributed by atoms with Crippen LogP contribution in [0.25, 0.3) is 0 Å². The van der Waals surface area contributed by atoms with E-state index < -0.39 is 0 Å². The van der Waals surface area contributed by atoms with Gasteiger partial charge in [0.2, 0.25) is 5.91 Å². The van der Waals surface area contributed by atoms with E-state index in [0.717, 1.165) is 16.2 Å². The number of thiophene rings is 1. The van der Waals surface area contributed by atoms with E-state index in [9.17, 15) is 4.79 Å². The highest BCUT2D eigenvalue weighted by Crippen LogP contribution is 2.28. The van der Waals surface area contributed by atoms with Gasteiger partial charge >= 0.3 is 0 Å². The number of carbonyl (C=O) groups is 1. The Morgan fingerprint density at radius 2 is 2.04 bits per heavy atom. The molecule has 0 bridgehead atoms. The van der Waals surface area contributed by atoms with Gasteiger partial charge in [-0.25, -0.2) is 0 Å². The van der Waals surface area contributed by atoms with Crippen molar-refractivity contribution in [3.8, 4) is 0 Å². The molecule has 0 spiro atoms. The van der Waals surface area contributed by atoms with E-state index in [1.54, 1.807) is 23.7 Å². The molecule has 0 saturated heterocycles. The Bertz CT molecular complexity index is 719. The summed E-state index contributed by atoms with van der Waals surface area (Å²) in [6.45, 7) is 0.497. The molecule has 3 rings (SSSR count). The van der Waals surface area contributed by atoms with Crippen molar-refractivity contribution >= 4 is 28.8 Å². The molecule has 0 aliphatic carbocycles. The predicted octanol–water partition coefficient (Wildman–Crippen LogP) is 4.49. The Morgan fingerprint density at radius 1 is 1.17 bits per heavy atom. The third-order valence-electron chi connectivity index (χ3n) is 3.59. The van der Waals surface area contributed by atoms with Gasteiger partial charge in [-0.3, -0.25) is 4.79 Å². The van der Waals surface area contributed by atoms with Crippen LogP contribution in [0.2, 0.25) is 5.02 Å². The maximum atomic E-state index is 12.2. The summed E-state index contributed by atoms with van der Waals surface area (Å²) < 4.78 is 5.52. The summed E-state index contributed by atoms with van der Waals surface area (Å²) in [5.74, 6) is 0.830. The molecular formula is C18H16ClNO2S. The second-order valence-electron chi connectivity index (χ2n) is 5.16. The van der Waals surface area contributed by atoms with Crippen molar-refractivity contribution in [2.45, 2.75) is 12.3 Å². The van der Waals surface area contributed by atoms with Crippen molar-refractivity contribution in [1.29, 1.82) is 0 Å². The zero-order chi connectivity index (χ0) is 16.1. The maximum absolute atomic E-state index is 12.2. The van der Waals surface area contributed by atoms with Gasteiger partial charge in [-0.2, -0.15) is 0 Å². The minimum atomic E-state index is -0.0498. The van der Waals surface area contributed by atoms with Crippen LogP contribution in [-0.2, 0) is 11.2 Å². The molecule has 2 aromatic heterocycles.